The van der Waals surface area contributed by atoms with Gasteiger partial charge in [0.05, 0.1) is 21.6 Å². The van der Waals surface area contributed by atoms with Crippen LogP contribution in [0.1, 0.15) is 97.7 Å². The molecule has 348 valence electrons. The molecule has 1 saturated carbocycles. The second-order valence-electron chi connectivity index (χ2n) is 19.3. The van der Waals surface area contributed by atoms with Gasteiger partial charge < -0.3 is 29.6 Å². The van der Waals surface area contributed by atoms with Crippen LogP contribution in [0.5, 0.6) is 11.5 Å². The molecule has 3 N–H and O–H groups in total. The van der Waals surface area contributed by atoms with Crippen molar-refractivity contribution < 1.29 is 27.6 Å². The van der Waals surface area contributed by atoms with Crippen molar-refractivity contribution >= 4 is 44.0 Å². The zero-order chi connectivity index (χ0) is 45.4. The van der Waals surface area contributed by atoms with E-state index >= 15 is 0 Å². The van der Waals surface area contributed by atoms with Gasteiger partial charge in [0.25, 0.3) is 21.6 Å². The number of amides is 1. The fourth-order valence-electron chi connectivity index (χ4n) is 11.4. The third-order valence-electron chi connectivity index (χ3n) is 15.2. The van der Waals surface area contributed by atoms with Gasteiger partial charge in [0.2, 0.25) is 0 Å². The molecule has 10 rings (SSSR count). The monoisotopic (exact) mass is 916 g/mol. The highest BCUT2D eigenvalue weighted by Gasteiger charge is 2.50. The Hall–Kier alpha value is -5.55. The Kier molecular flexibility index (Phi) is 12.5. The van der Waals surface area contributed by atoms with E-state index < -0.39 is 31.4 Å². The normalized spacial score (nSPS) is 21.2. The summed E-state index contributed by atoms with van der Waals surface area (Å²) in [5.41, 5.74) is 4.79. The third-order valence-corrected chi connectivity index (χ3v) is 16.6. The average molecular weight is 917 g/mol. The molecule has 4 aliphatic heterocycles. The summed E-state index contributed by atoms with van der Waals surface area (Å²) in [5, 5.41) is 16.0. The number of rotatable bonds is 13. The molecule has 5 aromatic rings. The summed E-state index contributed by atoms with van der Waals surface area (Å²) in [4.78, 5) is 40.2. The van der Waals surface area contributed by atoms with Crippen LogP contribution in [0.3, 0.4) is 0 Å². The number of piperidine rings is 2. The maximum Gasteiger partial charge on any atom is 0.293 e. The Balaban J connectivity index is 0.829. The molecular weight excluding hydrogens is 857 g/mol. The number of H-pyrrole nitrogens is 1. The third kappa shape index (κ3) is 9.25. The predicted molar refractivity (Wildman–Crippen MR) is 254 cm³/mol. The molecule has 4 saturated heterocycles. The first-order valence-corrected chi connectivity index (χ1v) is 25.2. The smallest absolute Gasteiger partial charge is 0.293 e. The quantitative estimate of drug-likeness (QED) is 0.0759. The predicted octanol–water partition coefficient (Wildman–Crippen LogP) is 8.62. The number of nitrogens with zero attached hydrogens (tertiary/aromatic N) is 5. The van der Waals surface area contributed by atoms with Crippen LogP contribution in [0.2, 0.25) is 0 Å². The number of fused-ring (bicyclic) bond motifs is 1. The molecule has 3 aromatic carbocycles. The van der Waals surface area contributed by atoms with Gasteiger partial charge in [0.15, 0.2) is 0 Å². The molecule has 0 unspecified atom stereocenters. The Morgan fingerprint density at radius 2 is 1.71 bits per heavy atom. The van der Waals surface area contributed by atoms with Gasteiger partial charge in [-0.05, 0) is 156 Å². The van der Waals surface area contributed by atoms with E-state index in [0.717, 1.165) is 75.5 Å². The molecule has 1 spiro atoms. The molecule has 16 heteroatoms. The van der Waals surface area contributed by atoms with Crippen LogP contribution in [0.4, 0.5) is 17.1 Å². The van der Waals surface area contributed by atoms with Crippen molar-refractivity contribution in [3.05, 3.63) is 112 Å². The molecular formula is C50H60N8O7S. The summed E-state index contributed by atoms with van der Waals surface area (Å²) < 4.78 is 41.4. The van der Waals surface area contributed by atoms with Crippen LogP contribution in [0.25, 0.3) is 11.0 Å². The molecule has 15 nitrogen and oxygen atoms in total. The maximum absolute atomic E-state index is 14.0. The van der Waals surface area contributed by atoms with Crippen molar-refractivity contribution in [2.45, 2.75) is 87.1 Å². The number of hydrogen-bond donors (Lipinski definition) is 3. The number of benzene rings is 3. The fourth-order valence-corrected chi connectivity index (χ4v) is 12.4. The standard InChI is InChI=1S/C50H60N8O7S/c1-55-21-13-35(14-22-55)41-5-2-3-6-42(41)45-7-4-20-57(45)38-30-50(31-38)17-23-56(24-18-50)37-8-10-43(47(28-37)65-39-27-36-12-19-51-48(36)53-33-39)49(59)54-66(62,63)40-9-11-44(46(29-40)58(60)61)52-32-34-15-25-64-26-16-34/h2-3,5-6,8-12,19,27-29,33-35,38,45,52H,4,7,13-18,20-26,30-32H2,1H3,(H,51,53)(H,54,59)/t45-/m0/s1. The number of nitro benzene ring substituents is 1. The number of sulfonamides is 1. The van der Waals surface area contributed by atoms with Gasteiger partial charge in [-0.15, -0.1) is 0 Å². The number of pyridine rings is 1. The minimum absolute atomic E-state index is 0.00591. The number of anilines is 2. The number of likely N-dealkylation sites (tertiary alicyclic amines) is 2. The van der Waals surface area contributed by atoms with Gasteiger partial charge >= 0.3 is 0 Å². The number of aromatic amines is 1. The summed E-state index contributed by atoms with van der Waals surface area (Å²) in [6.07, 6.45) is 14.5. The molecule has 1 aliphatic carbocycles. The lowest BCUT2D eigenvalue weighted by Gasteiger charge is -2.56. The highest BCUT2D eigenvalue weighted by atomic mass is 32.2. The van der Waals surface area contributed by atoms with Crippen LogP contribution < -0.4 is 19.7 Å². The topological polar surface area (TPSA) is 175 Å². The zero-order valence-electron chi connectivity index (χ0n) is 37.6. The van der Waals surface area contributed by atoms with E-state index in [9.17, 15) is 23.3 Å². The summed E-state index contributed by atoms with van der Waals surface area (Å²) in [6, 6.07) is 22.9. The van der Waals surface area contributed by atoms with E-state index in [2.05, 4.69) is 66.0 Å². The molecule has 5 fully saturated rings. The van der Waals surface area contributed by atoms with Gasteiger partial charge in [0, 0.05) is 74.3 Å². The minimum Gasteiger partial charge on any atom is -0.455 e. The first-order valence-electron chi connectivity index (χ1n) is 23.7. The van der Waals surface area contributed by atoms with E-state index in [-0.39, 0.29) is 22.9 Å². The van der Waals surface area contributed by atoms with Crippen molar-refractivity contribution in [2.75, 3.05) is 69.7 Å². The highest BCUT2D eigenvalue weighted by molar-refractivity contribution is 7.90. The van der Waals surface area contributed by atoms with E-state index in [1.165, 1.54) is 50.7 Å². The van der Waals surface area contributed by atoms with E-state index in [0.29, 0.717) is 54.6 Å². The number of nitrogens with one attached hydrogen (secondary N) is 3. The van der Waals surface area contributed by atoms with Crippen LogP contribution in [-0.2, 0) is 14.8 Å². The molecule has 1 amide bonds. The summed E-state index contributed by atoms with van der Waals surface area (Å²) in [6.45, 7) is 6.95. The lowest BCUT2D eigenvalue weighted by molar-refractivity contribution is -0.384. The lowest BCUT2D eigenvalue weighted by atomic mass is 9.59. The van der Waals surface area contributed by atoms with Gasteiger partial charge in [0.1, 0.15) is 22.8 Å². The first kappa shape index (κ1) is 44.3. The fraction of sp³-hybridized carbons (Fsp3) is 0.480. The van der Waals surface area contributed by atoms with Crippen molar-refractivity contribution in [3.63, 3.8) is 0 Å². The molecule has 66 heavy (non-hydrogen) atoms. The Morgan fingerprint density at radius 3 is 2.48 bits per heavy atom. The number of nitro groups is 1. The maximum atomic E-state index is 14.0. The Labute approximate surface area is 386 Å². The SMILES string of the molecule is CN1CCC(c2ccccc2[C@@H]2CCCN2C2CC3(CCN(c4ccc(C(=O)NS(=O)(=O)c5ccc(NCC6CCOCC6)c([N+](=O)[O-])c5)c(Oc5cnc6[nH]ccc6c5)c4)CC3)C2)CC1. The second-order valence-corrected chi connectivity index (χ2v) is 21.0. The van der Waals surface area contributed by atoms with Gasteiger partial charge in [-0.1, -0.05) is 24.3 Å². The second kappa shape index (κ2) is 18.6. The van der Waals surface area contributed by atoms with Gasteiger partial charge in [-0.3, -0.25) is 19.8 Å². The Bertz CT molecular complexity index is 2680. The molecule has 1 atom stereocenters. The number of hydrogen-bond acceptors (Lipinski definition) is 12. The van der Waals surface area contributed by atoms with Crippen LogP contribution in [-0.4, -0.2) is 105 Å². The molecule has 6 heterocycles. The van der Waals surface area contributed by atoms with Crippen LogP contribution in [0, 0.1) is 21.4 Å². The van der Waals surface area contributed by atoms with Crippen molar-refractivity contribution in [1.82, 2.24) is 24.5 Å². The number of ether oxygens (including phenoxy) is 2. The summed E-state index contributed by atoms with van der Waals surface area (Å²) in [5.74, 6) is 0.540. The van der Waals surface area contributed by atoms with E-state index in [1.54, 1.807) is 41.7 Å². The number of aromatic nitrogens is 2. The van der Waals surface area contributed by atoms with E-state index in [4.69, 9.17) is 9.47 Å². The molecule has 5 aliphatic rings. The molecule has 2 aromatic heterocycles. The van der Waals surface area contributed by atoms with Gasteiger partial charge in [-0.2, -0.15) is 0 Å². The lowest BCUT2D eigenvalue weighted by Crippen LogP contribution is -2.55. The van der Waals surface area contributed by atoms with Gasteiger partial charge in [-0.25, -0.2) is 18.1 Å². The number of carbonyl (C=O) groups excluding carboxylic acids is 1. The molecule has 0 radical (unpaired) electrons. The Morgan fingerprint density at radius 1 is 0.939 bits per heavy atom. The summed E-state index contributed by atoms with van der Waals surface area (Å²) >= 11 is 0. The van der Waals surface area contributed by atoms with Crippen molar-refractivity contribution in [1.29, 1.82) is 0 Å². The molecule has 0 bridgehead atoms. The summed E-state index contributed by atoms with van der Waals surface area (Å²) in [7, 11) is -2.31. The van der Waals surface area contributed by atoms with Crippen LogP contribution in [0.15, 0.2) is 90.1 Å². The van der Waals surface area contributed by atoms with Crippen molar-refractivity contribution in [3.8, 4) is 11.5 Å². The zero-order valence-corrected chi connectivity index (χ0v) is 38.4. The highest BCUT2D eigenvalue weighted by Crippen LogP contribution is 2.54. The van der Waals surface area contributed by atoms with Crippen LogP contribution >= 0.6 is 0 Å². The minimum atomic E-state index is -4.54. The first-order chi connectivity index (χ1) is 32.0. The van der Waals surface area contributed by atoms with E-state index in [1.807, 2.05) is 12.1 Å². The number of carbonyl (C=O) groups is 1. The average Bonchev–Trinajstić information content (AvgIpc) is 4.01. The largest absolute Gasteiger partial charge is 0.455 e. The van der Waals surface area contributed by atoms with Crippen molar-refractivity contribution in [2.24, 2.45) is 11.3 Å².